The van der Waals surface area contributed by atoms with Crippen molar-refractivity contribution in [2.24, 2.45) is 0 Å². The fourth-order valence-electron chi connectivity index (χ4n) is 2.93. The van der Waals surface area contributed by atoms with Crippen molar-refractivity contribution in [1.29, 1.82) is 0 Å². The molecule has 0 saturated carbocycles. The number of hydrogen-bond acceptors (Lipinski definition) is 3. The lowest BCUT2D eigenvalue weighted by Crippen LogP contribution is -2.03. The summed E-state index contributed by atoms with van der Waals surface area (Å²) in [4.78, 5) is 0. The Kier molecular flexibility index (Phi) is 3.84. The van der Waals surface area contributed by atoms with Crippen molar-refractivity contribution in [2.45, 2.75) is 26.3 Å². The molecule has 0 aliphatic rings. The Bertz CT molecular complexity index is 1030. The smallest absolute Gasteiger partial charge is 0.264 e. The van der Waals surface area contributed by atoms with Gasteiger partial charge in [0.25, 0.3) is 5.89 Å². The van der Waals surface area contributed by atoms with E-state index in [-0.39, 0.29) is 11.7 Å². The first-order chi connectivity index (χ1) is 12.1. The van der Waals surface area contributed by atoms with Crippen LogP contribution in [0.2, 0.25) is 0 Å². The SMILES string of the molecule is CC(C)c1nnc(-c2cc3ccccc3n2Cc2ccccc2F)o1. The van der Waals surface area contributed by atoms with Crippen LogP contribution in [0.5, 0.6) is 0 Å². The first-order valence-corrected chi connectivity index (χ1v) is 8.29. The maximum atomic E-state index is 14.2. The van der Waals surface area contributed by atoms with Crippen molar-refractivity contribution in [2.75, 3.05) is 0 Å². The summed E-state index contributed by atoms with van der Waals surface area (Å²) >= 11 is 0. The van der Waals surface area contributed by atoms with Gasteiger partial charge in [-0.2, -0.15) is 0 Å². The zero-order valence-corrected chi connectivity index (χ0v) is 14.1. The molecule has 4 rings (SSSR count). The first-order valence-electron chi connectivity index (χ1n) is 8.29. The first kappa shape index (κ1) is 15.6. The maximum Gasteiger partial charge on any atom is 0.264 e. The Labute approximate surface area is 144 Å². The summed E-state index contributed by atoms with van der Waals surface area (Å²) in [5.74, 6) is 0.985. The molecule has 0 aliphatic carbocycles. The molecule has 126 valence electrons. The number of halogens is 1. The van der Waals surface area contributed by atoms with Crippen molar-refractivity contribution in [3.8, 4) is 11.6 Å². The van der Waals surface area contributed by atoms with Gasteiger partial charge in [-0.25, -0.2) is 4.39 Å². The minimum atomic E-state index is -0.223. The summed E-state index contributed by atoms with van der Waals surface area (Å²) in [7, 11) is 0. The molecule has 0 spiro atoms. The van der Waals surface area contributed by atoms with E-state index in [4.69, 9.17) is 4.42 Å². The van der Waals surface area contributed by atoms with E-state index in [1.165, 1.54) is 6.07 Å². The quantitative estimate of drug-likeness (QED) is 0.527. The third kappa shape index (κ3) is 2.82. The van der Waals surface area contributed by atoms with Crippen LogP contribution in [0.25, 0.3) is 22.5 Å². The van der Waals surface area contributed by atoms with Gasteiger partial charge in [-0.1, -0.05) is 50.2 Å². The number of nitrogens with zero attached hydrogens (tertiary/aromatic N) is 3. The van der Waals surface area contributed by atoms with Gasteiger partial charge >= 0.3 is 0 Å². The van der Waals surface area contributed by atoms with E-state index < -0.39 is 0 Å². The fourth-order valence-corrected chi connectivity index (χ4v) is 2.93. The predicted molar refractivity (Wildman–Crippen MR) is 94.8 cm³/mol. The van der Waals surface area contributed by atoms with E-state index in [9.17, 15) is 4.39 Å². The molecule has 2 heterocycles. The van der Waals surface area contributed by atoms with Crippen LogP contribution < -0.4 is 0 Å². The summed E-state index contributed by atoms with van der Waals surface area (Å²) < 4.78 is 22.0. The van der Waals surface area contributed by atoms with Crippen LogP contribution in [0, 0.1) is 5.82 Å². The highest BCUT2D eigenvalue weighted by Gasteiger charge is 2.18. The normalized spacial score (nSPS) is 11.5. The molecule has 0 bridgehead atoms. The molecular formula is C20H18FN3O. The summed E-state index contributed by atoms with van der Waals surface area (Å²) in [5, 5.41) is 9.37. The van der Waals surface area contributed by atoms with E-state index >= 15 is 0 Å². The second kappa shape index (κ2) is 6.16. The molecule has 0 fully saturated rings. The molecule has 0 unspecified atom stereocenters. The number of rotatable bonds is 4. The summed E-state index contributed by atoms with van der Waals surface area (Å²) in [6.07, 6.45) is 0. The Morgan fingerprint density at radius 3 is 2.56 bits per heavy atom. The fraction of sp³-hybridized carbons (Fsp3) is 0.200. The number of benzene rings is 2. The molecule has 25 heavy (non-hydrogen) atoms. The van der Waals surface area contributed by atoms with Crippen LogP contribution in [-0.4, -0.2) is 14.8 Å². The highest BCUT2D eigenvalue weighted by Crippen LogP contribution is 2.29. The van der Waals surface area contributed by atoms with Crippen LogP contribution in [0.4, 0.5) is 4.39 Å². The lowest BCUT2D eigenvalue weighted by Gasteiger charge is -2.10. The van der Waals surface area contributed by atoms with E-state index in [0.29, 0.717) is 23.9 Å². The monoisotopic (exact) mass is 335 g/mol. The van der Waals surface area contributed by atoms with Crippen LogP contribution in [-0.2, 0) is 6.54 Å². The number of fused-ring (bicyclic) bond motifs is 1. The van der Waals surface area contributed by atoms with Crippen LogP contribution in [0.1, 0.15) is 31.2 Å². The van der Waals surface area contributed by atoms with Gasteiger partial charge in [0, 0.05) is 22.4 Å². The van der Waals surface area contributed by atoms with Gasteiger partial charge in [0.1, 0.15) is 11.5 Å². The zero-order valence-electron chi connectivity index (χ0n) is 14.1. The van der Waals surface area contributed by atoms with Crippen molar-refractivity contribution in [3.05, 3.63) is 71.9 Å². The lowest BCUT2D eigenvalue weighted by molar-refractivity contribution is 0.478. The number of aromatic nitrogens is 3. The van der Waals surface area contributed by atoms with E-state index in [0.717, 1.165) is 16.6 Å². The highest BCUT2D eigenvalue weighted by atomic mass is 19.1. The van der Waals surface area contributed by atoms with Gasteiger partial charge in [0.15, 0.2) is 0 Å². The molecule has 0 N–H and O–H groups in total. The van der Waals surface area contributed by atoms with Crippen molar-refractivity contribution in [1.82, 2.24) is 14.8 Å². The van der Waals surface area contributed by atoms with Crippen molar-refractivity contribution in [3.63, 3.8) is 0 Å². The summed E-state index contributed by atoms with van der Waals surface area (Å²) in [6, 6.07) is 16.8. The average Bonchev–Trinajstić information content (AvgIpc) is 3.22. The topological polar surface area (TPSA) is 43.9 Å². The molecule has 5 heteroatoms. The van der Waals surface area contributed by atoms with Crippen LogP contribution >= 0.6 is 0 Å². The lowest BCUT2D eigenvalue weighted by atomic mass is 10.2. The summed E-state index contributed by atoms with van der Waals surface area (Å²) in [6.45, 7) is 4.41. The predicted octanol–water partition coefficient (Wildman–Crippen LogP) is 5.00. The van der Waals surface area contributed by atoms with E-state index in [2.05, 4.69) is 10.2 Å². The van der Waals surface area contributed by atoms with E-state index in [1.807, 2.05) is 54.8 Å². The van der Waals surface area contributed by atoms with Gasteiger partial charge in [-0.3, -0.25) is 0 Å². The zero-order chi connectivity index (χ0) is 17.4. The van der Waals surface area contributed by atoms with Crippen molar-refractivity contribution >= 4 is 10.9 Å². The van der Waals surface area contributed by atoms with Gasteiger partial charge in [0.05, 0.1) is 6.54 Å². The second-order valence-electron chi connectivity index (χ2n) is 6.37. The van der Waals surface area contributed by atoms with E-state index in [1.54, 1.807) is 12.1 Å². The molecule has 2 aromatic heterocycles. The Hall–Kier alpha value is -2.95. The maximum absolute atomic E-state index is 14.2. The molecule has 0 aliphatic heterocycles. The molecule has 0 amide bonds. The Morgan fingerprint density at radius 2 is 1.80 bits per heavy atom. The molecule has 0 radical (unpaired) electrons. The molecule has 0 saturated heterocycles. The van der Waals surface area contributed by atoms with Crippen LogP contribution in [0.15, 0.2) is 59.0 Å². The van der Waals surface area contributed by atoms with Crippen LogP contribution in [0.3, 0.4) is 0 Å². The minimum absolute atomic E-state index is 0.158. The second-order valence-corrected chi connectivity index (χ2v) is 6.37. The van der Waals surface area contributed by atoms with Gasteiger partial charge in [-0.15, -0.1) is 10.2 Å². The van der Waals surface area contributed by atoms with Gasteiger partial charge in [0.2, 0.25) is 5.89 Å². The summed E-state index contributed by atoms with van der Waals surface area (Å²) in [5.41, 5.74) is 2.42. The molecular weight excluding hydrogens is 317 g/mol. The number of hydrogen-bond donors (Lipinski definition) is 0. The number of para-hydroxylation sites is 1. The average molecular weight is 335 g/mol. The molecule has 4 aromatic rings. The third-order valence-electron chi connectivity index (χ3n) is 4.25. The molecule has 4 nitrogen and oxygen atoms in total. The minimum Gasteiger partial charge on any atom is -0.419 e. The third-order valence-corrected chi connectivity index (χ3v) is 4.25. The largest absolute Gasteiger partial charge is 0.419 e. The van der Waals surface area contributed by atoms with Gasteiger partial charge in [-0.05, 0) is 18.2 Å². The molecule has 2 aromatic carbocycles. The van der Waals surface area contributed by atoms with Gasteiger partial charge < -0.3 is 8.98 Å². The Morgan fingerprint density at radius 1 is 1.04 bits per heavy atom. The highest BCUT2D eigenvalue weighted by molar-refractivity contribution is 5.85. The van der Waals surface area contributed by atoms with Crippen molar-refractivity contribution < 1.29 is 8.81 Å². The molecule has 0 atom stereocenters. The Balaban J connectivity index is 1.87. The standard InChI is InChI=1S/C20H18FN3O/c1-13(2)19-22-23-20(25-19)18-11-14-7-4-6-10-17(14)24(18)12-15-8-3-5-9-16(15)21/h3-11,13H,12H2,1-2H3.